The van der Waals surface area contributed by atoms with Gasteiger partial charge in [0.15, 0.2) is 0 Å². The van der Waals surface area contributed by atoms with Gasteiger partial charge in [0.05, 0.1) is 13.0 Å². The van der Waals surface area contributed by atoms with E-state index in [1.54, 1.807) is 0 Å². The van der Waals surface area contributed by atoms with Crippen LogP contribution < -0.4 is 0 Å². The van der Waals surface area contributed by atoms with E-state index in [4.69, 9.17) is 9.84 Å². The minimum Gasteiger partial charge on any atom is -0.481 e. The topological polar surface area (TPSA) is 46.5 Å². The summed E-state index contributed by atoms with van der Waals surface area (Å²) in [6, 6.07) is 0. The summed E-state index contributed by atoms with van der Waals surface area (Å²) in [5, 5.41) is 8.71. The maximum atomic E-state index is 10.6. The molecule has 3 nitrogen and oxygen atoms in total. The zero-order valence-corrected chi connectivity index (χ0v) is 9.79. The van der Waals surface area contributed by atoms with Crippen molar-refractivity contribution in [2.75, 3.05) is 13.2 Å². The molecule has 1 aliphatic rings. The van der Waals surface area contributed by atoms with Crippen molar-refractivity contribution >= 4 is 5.97 Å². The van der Waals surface area contributed by atoms with E-state index in [9.17, 15) is 4.79 Å². The number of ether oxygens (including phenoxy) is 1. The van der Waals surface area contributed by atoms with Crippen LogP contribution >= 0.6 is 0 Å². The minimum atomic E-state index is -0.696. The number of hydrogen-bond acceptors (Lipinski definition) is 2. The Morgan fingerprint density at radius 3 is 2.60 bits per heavy atom. The first kappa shape index (κ1) is 12.5. The molecule has 3 heteroatoms. The molecule has 0 atom stereocenters. The average molecular weight is 214 g/mol. The van der Waals surface area contributed by atoms with Crippen LogP contribution in [0.15, 0.2) is 0 Å². The van der Waals surface area contributed by atoms with E-state index in [2.05, 4.69) is 13.8 Å². The highest BCUT2D eigenvalue weighted by molar-refractivity contribution is 5.68. The van der Waals surface area contributed by atoms with Crippen LogP contribution in [-0.2, 0) is 9.53 Å². The fourth-order valence-electron chi connectivity index (χ4n) is 1.75. The van der Waals surface area contributed by atoms with Gasteiger partial charge < -0.3 is 9.84 Å². The van der Waals surface area contributed by atoms with Crippen LogP contribution in [0.2, 0.25) is 0 Å². The highest BCUT2D eigenvalue weighted by atomic mass is 16.5. The Hall–Kier alpha value is -0.570. The Bertz CT molecular complexity index is 207. The molecular weight excluding hydrogens is 192 g/mol. The molecule has 0 aliphatic heterocycles. The summed E-state index contributed by atoms with van der Waals surface area (Å²) < 4.78 is 5.55. The van der Waals surface area contributed by atoms with Gasteiger partial charge in [0.2, 0.25) is 0 Å². The first-order valence-corrected chi connectivity index (χ1v) is 5.84. The standard InChI is InChI=1S/C12H22O3/c1-10(2)4-3-7-15-9-12(5-6-12)8-11(13)14/h10H,3-9H2,1-2H3,(H,13,14). The van der Waals surface area contributed by atoms with Gasteiger partial charge >= 0.3 is 5.97 Å². The Labute approximate surface area is 91.8 Å². The number of carboxylic acid groups (broad SMARTS) is 1. The SMILES string of the molecule is CC(C)CCCOCC1(CC(=O)O)CC1. The summed E-state index contributed by atoms with van der Waals surface area (Å²) in [6.07, 6.45) is 4.58. The highest BCUT2D eigenvalue weighted by Gasteiger charge is 2.44. The zero-order chi connectivity index (χ0) is 11.3. The third-order valence-corrected chi connectivity index (χ3v) is 2.96. The Morgan fingerprint density at radius 2 is 2.13 bits per heavy atom. The van der Waals surface area contributed by atoms with Crippen LogP contribution in [0, 0.1) is 11.3 Å². The second kappa shape index (κ2) is 5.50. The lowest BCUT2D eigenvalue weighted by Gasteiger charge is -2.13. The molecule has 0 heterocycles. The minimum absolute atomic E-state index is 0.0103. The molecule has 1 saturated carbocycles. The van der Waals surface area contributed by atoms with Gasteiger partial charge in [-0.25, -0.2) is 0 Å². The summed E-state index contributed by atoms with van der Waals surface area (Å²) in [7, 11) is 0. The molecule has 1 aliphatic carbocycles. The summed E-state index contributed by atoms with van der Waals surface area (Å²) >= 11 is 0. The van der Waals surface area contributed by atoms with Crippen LogP contribution in [0.25, 0.3) is 0 Å². The number of carboxylic acids is 1. The van der Waals surface area contributed by atoms with Crippen LogP contribution in [0.1, 0.15) is 46.0 Å². The fraction of sp³-hybridized carbons (Fsp3) is 0.917. The van der Waals surface area contributed by atoms with Gasteiger partial charge in [0, 0.05) is 12.0 Å². The molecular formula is C12H22O3. The summed E-state index contributed by atoms with van der Waals surface area (Å²) in [5.74, 6) is 0.0285. The van der Waals surface area contributed by atoms with Crippen molar-refractivity contribution < 1.29 is 14.6 Å². The molecule has 0 aromatic heterocycles. The monoisotopic (exact) mass is 214 g/mol. The fourth-order valence-corrected chi connectivity index (χ4v) is 1.75. The third-order valence-electron chi connectivity index (χ3n) is 2.96. The van der Waals surface area contributed by atoms with Gasteiger partial charge in [-0.15, -0.1) is 0 Å². The molecule has 1 fully saturated rings. The van der Waals surface area contributed by atoms with E-state index in [0.717, 1.165) is 31.8 Å². The summed E-state index contributed by atoms with van der Waals surface area (Å²) in [5.41, 5.74) is -0.0103. The van der Waals surface area contributed by atoms with Crippen molar-refractivity contribution in [3.8, 4) is 0 Å². The zero-order valence-electron chi connectivity index (χ0n) is 9.79. The number of carbonyl (C=O) groups is 1. The number of hydrogen-bond donors (Lipinski definition) is 1. The molecule has 0 aromatic carbocycles. The van der Waals surface area contributed by atoms with Gasteiger partial charge in [-0.2, -0.15) is 0 Å². The van der Waals surface area contributed by atoms with E-state index >= 15 is 0 Å². The molecule has 0 aromatic rings. The smallest absolute Gasteiger partial charge is 0.303 e. The van der Waals surface area contributed by atoms with Gasteiger partial charge in [0.1, 0.15) is 0 Å². The van der Waals surface area contributed by atoms with E-state index in [1.165, 1.54) is 6.42 Å². The largest absolute Gasteiger partial charge is 0.481 e. The summed E-state index contributed by atoms with van der Waals surface area (Å²) in [6.45, 7) is 5.82. The van der Waals surface area contributed by atoms with Gasteiger partial charge in [-0.1, -0.05) is 13.8 Å². The predicted octanol–water partition coefficient (Wildman–Crippen LogP) is 2.69. The Morgan fingerprint density at radius 1 is 1.47 bits per heavy atom. The van der Waals surface area contributed by atoms with Crippen LogP contribution in [0.3, 0.4) is 0 Å². The van der Waals surface area contributed by atoms with Crippen molar-refractivity contribution in [1.29, 1.82) is 0 Å². The highest BCUT2D eigenvalue weighted by Crippen LogP contribution is 2.48. The quantitative estimate of drug-likeness (QED) is 0.632. The molecule has 0 radical (unpaired) electrons. The first-order valence-electron chi connectivity index (χ1n) is 5.84. The lowest BCUT2D eigenvalue weighted by atomic mass is 10.0. The van der Waals surface area contributed by atoms with Crippen molar-refractivity contribution in [2.45, 2.75) is 46.0 Å². The van der Waals surface area contributed by atoms with Gasteiger partial charge in [-0.05, 0) is 31.6 Å². The number of aliphatic carboxylic acids is 1. The second-order valence-electron chi connectivity index (χ2n) is 5.16. The van der Waals surface area contributed by atoms with Crippen LogP contribution in [0.5, 0.6) is 0 Å². The molecule has 1 N–H and O–H groups in total. The normalized spacial score (nSPS) is 18.1. The maximum Gasteiger partial charge on any atom is 0.303 e. The Balaban J connectivity index is 2.02. The van der Waals surface area contributed by atoms with Gasteiger partial charge in [0.25, 0.3) is 0 Å². The van der Waals surface area contributed by atoms with E-state index in [1.807, 2.05) is 0 Å². The molecule has 0 spiro atoms. The van der Waals surface area contributed by atoms with Crippen molar-refractivity contribution in [2.24, 2.45) is 11.3 Å². The maximum absolute atomic E-state index is 10.6. The Kier molecular flexibility index (Phi) is 4.58. The van der Waals surface area contributed by atoms with Crippen molar-refractivity contribution in [3.63, 3.8) is 0 Å². The molecule has 1 rings (SSSR count). The number of rotatable bonds is 8. The molecule has 88 valence electrons. The molecule has 0 saturated heterocycles. The van der Waals surface area contributed by atoms with E-state index in [-0.39, 0.29) is 11.8 Å². The molecule has 15 heavy (non-hydrogen) atoms. The van der Waals surface area contributed by atoms with E-state index < -0.39 is 5.97 Å². The van der Waals surface area contributed by atoms with Crippen LogP contribution in [-0.4, -0.2) is 24.3 Å². The first-order chi connectivity index (χ1) is 7.04. The van der Waals surface area contributed by atoms with Crippen molar-refractivity contribution in [3.05, 3.63) is 0 Å². The summed E-state index contributed by atoms with van der Waals surface area (Å²) in [4.78, 5) is 10.6. The molecule has 0 amide bonds. The molecule has 0 bridgehead atoms. The molecule has 0 unspecified atom stereocenters. The average Bonchev–Trinajstić information content (AvgIpc) is 2.83. The van der Waals surface area contributed by atoms with Crippen molar-refractivity contribution in [1.82, 2.24) is 0 Å². The van der Waals surface area contributed by atoms with E-state index in [0.29, 0.717) is 6.61 Å². The second-order valence-corrected chi connectivity index (χ2v) is 5.16. The lowest BCUT2D eigenvalue weighted by molar-refractivity contribution is -0.139. The predicted molar refractivity (Wildman–Crippen MR) is 58.8 cm³/mol. The lowest BCUT2D eigenvalue weighted by Crippen LogP contribution is -2.15. The van der Waals surface area contributed by atoms with Gasteiger partial charge in [-0.3, -0.25) is 4.79 Å². The third kappa shape index (κ3) is 5.17. The van der Waals surface area contributed by atoms with Crippen LogP contribution in [0.4, 0.5) is 0 Å².